The van der Waals surface area contributed by atoms with E-state index in [9.17, 15) is 4.79 Å². The van der Waals surface area contributed by atoms with Crippen molar-refractivity contribution in [1.82, 2.24) is 14.8 Å². The van der Waals surface area contributed by atoms with E-state index in [4.69, 9.17) is 11.6 Å². The summed E-state index contributed by atoms with van der Waals surface area (Å²) < 4.78 is 1.75. The fourth-order valence-corrected chi connectivity index (χ4v) is 3.27. The van der Waals surface area contributed by atoms with Gasteiger partial charge in [-0.2, -0.15) is 5.10 Å². The molecule has 0 bridgehead atoms. The SMILES string of the molecule is O=C(CSCc1cccc(Cl)c1)Nc1ccc(Cn2cncn2)cc1. The predicted octanol–water partition coefficient (Wildman–Crippen LogP) is 3.85. The monoisotopic (exact) mass is 372 g/mol. The van der Waals surface area contributed by atoms with Gasteiger partial charge < -0.3 is 5.32 Å². The van der Waals surface area contributed by atoms with Gasteiger partial charge in [0.1, 0.15) is 12.7 Å². The van der Waals surface area contributed by atoms with E-state index >= 15 is 0 Å². The van der Waals surface area contributed by atoms with Crippen molar-refractivity contribution in [3.05, 3.63) is 77.3 Å². The summed E-state index contributed by atoms with van der Waals surface area (Å²) in [6, 6.07) is 15.4. The summed E-state index contributed by atoms with van der Waals surface area (Å²) in [5.41, 5.74) is 3.00. The van der Waals surface area contributed by atoms with Gasteiger partial charge in [0, 0.05) is 16.5 Å². The summed E-state index contributed by atoms with van der Waals surface area (Å²) in [5.74, 6) is 1.13. The van der Waals surface area contributed by atoms with Crippen LogP contribution in [0.3, 0.4) is 0 Å². The first kappa shape index (κ1) is 17.5. The van der Waals surface area contributed by atoms with E-state index < -0.39 is 0 Å². The summed E-state index contributed by atoms with van der Waals surface area (Å²) in [6.07, 6.45) is 3.18. The maximum absolute atomic E-state index is 12.0. The third kappa shape index (κ3) is 5.62. The lowest BCUT2D eigenvalue weighted by molar-refractivity contribution is -0.113. The average molecular weight is 373 g/mol. The fraction of sp³-hybridized carbons (Fsp3) is 0.167. The maximum Gasteiger partial charge on any atom is 0.234 e. The number of rotatable bonds is 7. The molecule has 3 rings (SSSR count). The Labute approximate surface area is 155 Å². The number of carbonyl (C=O) groups excluding carboxylic acids is 1. The van der Waals surface area contributed by atoms with Gasteiger partial charge in [0.05, 0.1) is 12.3 Å². The van der Waals surface area contributed by atoms with Crippen LogP contribution in [0.1, 0.15) is 11.1 Å². The Kier molecular flexibility index (Phi) is 6.09. The zero-order valence-corrected chi connectivity index (χ0v) is 15.0. The molecule has 3 aromatic rings. The molecule has 0 spiro atoms. The lowest BCUT2D eigenvalue weighted by atomic mass is 10.2. The second kappa shape index (κ2) is 8.69. The first-order valence-corrected chi connectivity index (χ1v) is 9.26. The molecule has 0 saturated heterocycles. The highest BCUT2D eigenvalue weighted by Gasteiger charge is 2.04. The standard InChI is InChI=1S/C18H17ClN4OS/c19-16-3-1-2-15(8-16)10-25-11-18(24)22-17-6-4-14(5-7-17)9-23-13-20-12-21-23/h1-8,12-13H,9-11H2,(H,22,24). The van der Waals surface area contributed by atoms with Crippen LogP contribution in [-0.4, -0.2) is 26.4 Å². The van der Waals surface area contributed by atoms with Crippen LogP contribution in [0.15, 0.2) is 61.2 Å². The van der Waals surface area contributed by atoms with Crippen LogP contribution in [0.5, 0.6) is 0 Å². The number of nitrogens with zero attached hydrogens (tertiary/aromatic N) is 3. The first-order chi connectivity index (χ1) is 12.2. The van der Waals surface area contributed by atoms with Gasteiger partial charge in [0.15, 0.2) is 0 Å². The molecular weight excluding hydrogens is 356 g/mol. The molecule has 25 heavy (non-hydrogen) atoms. The van der Waals surface area contributed by atoms with Crippen molar-refractivity contribution in [2.24, 2.45) is 0 Å². The molecule has 0 radical (unpaired) electrons. The first-order valence-electron chi connectivity index (χ1n) is 7.72. The van der Waals surface area contributed by atoms with Gasteiger partial charge in [-0.3, -0.25) is 4.79 Å². The lowest BCUT2D eigenvalue weighted by Crippen LogP contribution is -2.14. The Hall–Kier alpha value is -2.31. The van der Waals surface area contributed by atoms with Gasteiger partial charge in [-0.1, -0.05) is 35.9 Å². The number of nitrogens with one attached hydrogen (secondary N) is 1. The second-order valence-electron chi connectivity index (χ2n) is 5.46. The molecule has 7 heteroatoms. The number of thioether (sulfide) groups is 1. The third-order valence-corrected chi connectivity index (χ3v) is 4.68. The van der Waals surface area contributed by atoms with E-state index in [1.165, 1.54) is 6.33 Å². The van der Waals surface area contributed by atoms with Crippen LogP contribution in [0.4, 0.5) is 5.69 Å². The number of anilines is 1. The van der Waals surface area contributed by atoms with Gasteiger partial charge >= 0.3 is 0 Å². The number of benzene rings is 2. The molecule has 0 aliphatic rings. The number of hydrogen-bond acceptors (Lipinski definition) is 4. The van der Waals surface area contributed by atoms with Crippen molar-refractivity contribution in [3.8, 4) is 0 Å². The number of amides is 1. The van der Waals surface area contributed by atoms with E-state index in [0.717, 1.165) is 22.6 Å². The number of carbonyl (C=O) groups is 1. The summed E-state index contributed by atoms with van der Waals surface area (Å²) in [6.45, 7) is 0.656. The van der Waals surface area contributed by atoms with Crippen LogP contribution in [0, 0.1) is 0 Å². The summed E-state index contributed by atoms with van der Waals surface area (Å²) in [5, 5.41) is 7.69. The minimum absolute atomic E-state index is 0.0175. The van der Waals surface area contributed by atoms with E-state index in [0.29, 0.717) is 17.3 Å². The van der Waals surface area contributed by atoms with Gasteiger partial charge in [-0.05, 0) is 35.4 Å². The zero-order valence-electron chi connectivity index (χ0n) is 13.4. The highest BCUT2D eigenvalue weighted by Crippen LogP contribution is 2.17. The van der Waals surface area contributed by atoms with Crippen molar-refractivity contribution >= 4 is 35.0 Å². The van der Waals surface area contributed by atoms with Gasteiger partial charge in [-0.25, -0.2) is 9.67 Å². The summed E-state index contributed by atoms with van der Waals surface area (Å²) in [7, 11) is 0. The molecule has 1 N–H and O–H groups in total. The molecule has 1 heterocycles. The van der Waals surface area contributed by atoms with Crippen LogP contribution in [0.2, 0.25) is 5.02 Å². The molecule has 1 aromatic heterocycles. The van der Waals surface area contributed by atoms with Crippen molar-refractivity contribution < 1.29 is 4.79 Å². The molecule has 2 aromatic carbocycles. The highest BCUT2D eigenvalue weighted by atomic mass is 35.5. The minimum Gasteiger partial charge on any atom is -0.325 e. The van der Waals surface area contributed by atoms with E-state index in [1.807, 2.05) is 48.5 Å². The van der Waals surface area contributed by atoms with Crippen molar-refractivity contribution in [1.29, 1.82) is 0 Å². The van der Waals surface area contributed by atoms with Crippen LogP contribution in [0.25, 0.3) is 0 Å². The molecule has 0 aliphatic heterocycles. The molecule has 128 valence electrons. The highest BCUT2D eigenvalue weighted by molar-refractivity contribution is 7.99. The predicted molar refractivity (Wildman–Crippen MR) is 102 cm³/mol. The van der Waals surface area contributed by atoms with Gasteiger partial charge in [-0.15, -0.1) is 11.8 Å². The quantitative estimate of drug-likeness (QED) is 0.684. The fourth-order valence-electron chi connectivity index (χ4n) is 2.28. The number of hydrogen-bond donors (Lipinski definition) is 1. The topological polar surface area (TPSA) is 59.8 Å². The van der Waals surface area contributed by atoms with Crippen molar-refractivity contribution in [2.75, 3.05) is 11.1 Å². The van der Waals surface area contributed by atoms with Crippen molar-refractivity contribution in [3.63, 3.8) is 0 Å². The molecule has 1 amide bonds. The van der Waals surface area contributed by atoms with E-state index in [2.05, 4.69) is 15.4 Å². The smallest absolute Gasteiger partial charge is 0.234 e. The van der Waals surface area contributed by atoms with Crippen LogP contribution >= 0.6 is 23.4 Å². The van der Waals surface area contributed by atoms with Gasteiger partial charge in [0.25, 0.3) is 0 Å². The second-order valence-corrected chi connectivity index (χ2v) is 6.88. The van der Waals surface area contributed by atoms with Crippen molar-refractivity contribution in [2.45, 2.75) is 12.3 Å². The van der Waals surface area contributed by atoms with E-state index in [1.54, 1.807) is 22.8 Å². The Morgan fingerprint density at radius 2 is 2.00 bits per heavy atom. The molecule has 0 aliphatic carbocycles. The molecule has 0 fully saturated rings. The zero-order chi connectivity index (χ0) is 17.5. The third-order valence-electron chi connectivity index (χ3n) is 3.44. The molecule has 5 nitrogen and oxygen atoms in total. The average Bonchev–Trinajstić information content (AvgIpc) is 3.10. The molecular formula is C18H17ClN4OS. The number of halogens is 1. The Morgan fingerprint density at radius 3 is 2.72 bits per heavy atom. The maximum atomic E-state index is 12.0. The minimum atomic E-state index is -0.0175. The Bertz CT molecular complexity index is 821. The summed E-state index contributed by atoms with van der Waals surface area (Å²) in [4.78, 5) is 15.9. The normalized spacial score (nSPS) is 10.6. The Morgan fingerprint density at radius 1 is 1.16 bits per heavy atom. The van der Waals surface area contributed by atoms with Gasteiger partial charge in [0.2, 0.25) is 5.91 Å². The van der Waals surface area contributed by atoms with Crippen LogP contribution in [-0.2, 0) is 17.1 Å². The summed E-state index contributed by atoms with van der Waals surface area (Å²) >= 11 is 7.51. The molecule has 0 unspecified atom stereocenters. The number of aromatic nitrogens is 3. The molecule has 0 saturated carbocycles. The lowest BCUT2D eigenvalue weighted by Gasteiger charge is -2.07. The Balaban J connectivity index is 1.44. The molecule has 0 atom stereocenters. The largest absolute Gasteiger partial charge is 0.325 e. The van der Waals surface area contributed by atoms with Crippen LogP contribution < -0.4 is 5.32 Å². The van der Waals surface area contributed by atoms with E-state index in [-0.39, 0.29) is 5.91 Å².